The molecule has 0 saturated carbocycles. The first-order valence-corrected chi connectivity index (χ1v) is 11.3. The summed E-state index contributed by atoms with van der Waals surface area (Å²) in [4.78, 5) is 26.8. The number of esters is 1. The molecule has 1 aliphatic heterocycles. The van der Waals surface area contributed by atoms with Crippen molar-refractivity contribution in [2.75, 3.05) is 23.8 Å². The number of ether oxygens (including phenoxy) is 1. The molecular weight excluding hydrogens is 481 g/mol. The molecule has 0 aromatic heterocycles. The first kappa shape index (κ1) is 26.0. The van der Waals surface area contributed by atoms with E-state index in [-0.39, 0.29) is 12.3 Å². The molecule has 3 N–H and O–H groups in total. The second-order valence-electron chi connectivity index (χ2n) is 7.62. The van der Waals surface area contributed by atoms with Crippen molar-refractivity contribution >= 4 is 40.7 Å². The number of nitrogens with zero attached hydrogens (tertiary/aromatic N) is 1. The number of carbonyl (C=O) groups is 2. The topological polar surface area (TPSA) is 82.7 Å². The Hall–Kier alpha value is -3.60. The zero-order valence-electron chi connectivity index (χ0n) is 19.3. The van der Waals surface area contributed by atoms with Gasteiger partial charge in [0.1, 0.15) is 0 Å². The predicted octanol–water partition coefficient (Wildman–Crippen LogP) is 5.44. The third-order valence-corrected chi connectivity index (χ3v) is 5.72. The van der Waals surface area contributed by atoms with Crippen LogP contribution in [0.1, 0.15) is 37.9 Å². The Morgan fingerprint density at radius 1 is 1.03 bits per heavy atom. The minimum atomic E-state index is -4.45. The molecule has 7 nitrogen and oxygen atoms in total. The van der Waals surface area contributed by atoms with E-state index in [1.165, 1.54) is 12.1 Å². The van der Waals surface area contributed by atoms with Gasteiger partial charge in [-0.25, -0.2) is 9.59 Å². The van der Waals surface area contributed by atoms with E-state index in [1.54, 1.807) is 31.2 Å². The van der Waals surface area contributed by atoms with Gasteiger partial charge in [-0.2, -0.15) is 13.2 Å². The lowest BCUT2D eigenvalue weighted by Crippen LogP contribution is -2.47. The molecule has 3 rings (SSSR count). The largest absolute Gasteiger partial charge is 0.463 e. The van der Waals surface area contributed by atoms with Crippen molar-refractivity contribution in [2.24, 2.45) is 0 Å². The molecule has 1 unspecified atom stereocenters. The van der Waals surface area contributed by atoms with Gasteiger partial charge in [0.25, 0.3) is 0 Å². The lowest BCUT2D eigenvalue weighted by atomic mass is 9.95. The number of hydrogen-bond acceptors (Lipinski definition) is 4. The van der Waals surface area contributed by atoms with Crippen LogP contribution < -0.4 is 16.0 Å². The molecule has 0 radical (unpaired) electrons. The molecular formula is C24H25F3N4O3S. The number of urea groups is 1. The predicted molar refractivity (Wildman–Crippen MR) is 131 cm³/mol. The minimum absolute atomic E-state index is 0.215. The monoisotopic (exact) mass is 506 g/mol. The second kappa shape index (κ2) is 10.8. The highest BCUT2D eigenvalue weighted by atomic mass is 32.1. The third-order valence-electron chi connectivity index (χ3n) is 5.38. The molecule has 0 saturated heterocycles. The highest BCUT2D eigenvalue weighted by Gasteiger charge is 2.34. The van der Waals surface area contributed by atoms with Gasteiger partial charge in [-0.05, 0) is 75.0 Å². The van der Waals surface area contributed by atoms with Crippen molar-refractivity contribution in [1.82, 2.24) is 10.2 Å². The summed E-state index contributed by atoms with van der Waals surface area (Å²) in [5.74, 6) is -0.443. The SMILES string of the molecule is CCOC(=O)C1=C(C)N(CC)C(=S)NC1c1ccc(NC(=O)Nc2ccc(C(F)(F)F)cc2)cc1. The molecule has 2 amide bonds. The Labute approximate surface area is 206 Å². The Morgan fingerprint density at radius 3 is 2.06 bits per heavy atom. The first-order chi connectivity index (χ1) is 16.5. The van der Waals surface area contributed by atoms with Gasteiger partial charge < -0.3 is 25.6 Å². The molecule has 0 aliphatic carbocycles. The highest BCUT2D eigenvalue weighted by molar-refractivity contribution is 7.80. The van der Waals surface area contributed by atoms with Crippen LogP contribution in [0.2, 0.25) is 0 Å². The molecule has 1 atom stereocenters. The third kappa shape index (κ3) is 6.10. The summed E-state index contributed by atoms with van der Waals surface area (Å²) < 4.78 is 43.3. The van der Waals surface area contributed by atoms with Crippen LogP contribution >= 0.6 is 12.2 Å². The molecule has 0 bridgehead atoms. The average molecular weight is 507 g/mol. The van der Waals surface area contributed by atoms with Crippen LogP contribution in [0.3, 0.4) is 0 Å². The highest BCUT2D eigenvalue weighted by Crippen LogP contribution is 2.32. The van der Waals surface area contributed by atoms with Crippen LogP contribution in [0.5, 0.6) is 0 Å². The number of hydrogen-bond donors (Lipinski definition) is 3. The molecule has 1 heterocycles. The minimum Gasteiger partial charge on any atom is -0.463 e. The lowest BCUT2D eigenvalue weighted by molar-refractivity contribution is -0.139. The van der Waals surface area contributed by atoms with Gasteiger partial charge >= 0.3 is 18.2 Å². The molecule has 0 fully saturated rings. The van der Waals surface area contributed by atoms with Gasteiger partial charge in [0.05, 0.1) is 23.8 Å². The fourth-order valence-corrected chi connectivity index (χ4v) is 4.06. The molecule has 11 heteroatoms. The zero-order chi connectivity index (χ0) is 25.8. The summed E-state index contributed by atoms with van der Waals surface area (Å²) in [6.45, 7) is 6.30. The number of benzene rings is 2. The number of thiocarbonyl (C=S) groups is 1. The fourth-order valence-electron chi connectivity index (χ4n) is 3.68. The number of anilines is 2. The van der Waals surface area contributed by atoms with Gasteiger partial charge in [0.15, 0.2) is 5.11 Å². The smallest absolute Gasteiger partial charge is 0.416 e. The van der Waals surface area contributed by atoms with Crippen LogP contribution in [0.15, 0.2) is 59.8 Å². The van der Waals surface area contributed by atoms with E-state index < -0.39 is 29.8 Å². The number of nitrogens with one attached hydrogen (secondary N) is 3. The molecule has 2 aromatic rings. The van der Waals surface area contributed by atoms with Crippen LogP contribution in [-0.2, 0) is 15.7 Å². The quantitative estimate of drug-likeness (QED) is 0.358. The van der Waals surface area contributed by atoms with E-state index in [2.05, 4.69) is 16.0 Å². The number of alkyl halides is 3. The molecule has 35 heavy (non-hydrogen) atoms. The van der Waals surface area contributed by atoms with Gasteiger partial charge in [0.2, 0.25) is 0 Å². The molecule has 2 aromatic carbocycles. The van der Waals surface area contributed by atoms with Crippen LogP contribution in [-0.4, -0.2) is 35.2 Å². The van der Waals surface area contributed by atoms with Crippen LogP contribution in [0.25, 0.3) is 0 Å². The first-order valence-electron chi connectivity index (χ1n) is 10.9. The van der Waals surface area contributed by atoms with Gasteiger partial charge in [-0.15, -0.1) is 0 Å². The molecule has 186 valence electrons. The van der Waals surface area contributed by atoms with E-state index in [9.17, 15) is 22.8 Å². The van der Waals surface area contributed by atoms with Crippen molar-refractivity contribution in [2.45, 2.75) is 33.0 Å². The molecule has 0 spiro atoms. The summed E-state index contributed by atoms with van der Waals surface area (Å²) in [6.07, 6.45) is -4.45. The van der Waals surface area contributed by atoms with E-state index >= 15 is 0 Å². The number of amides is 2. The summed E-state index contributed by atoms with van der Waals surface area (Å²) in [6, 6.07) is 9.76. The van der Waals surface area contributed by atoms with E-state index in [4.69, 9.17) is 17.0 Å². The number of allylic oxidation sites excluding steroid dienone is 1. The average Bonchev–Trinajstić information content (AvgIpc) is 2.79. The number of carbonyl (C=O) groups excluding carboxylic acids is 2. The Morgan fingerprint density at radius 2 is 1.57 bits per heavy atom. The standard InChI is InChI=1S/C24H25F3N4O3S/c1-4-31-14(3)19(21(32)34-5-2)20(30-23(31)35)15-6-10-17(11-7-15)28-22(33)29-18-12-8-16(9-13-18)24(25,26)27/h6-13,20H,4-5H2,1-3H3,(H,30,35)(H2,28,29,33). The van der Waals surface area contributed by atoms with E-state index in [1.807, 2.05) is 18.7 Å². The maximum absolute atomic E-state index is 12.7. The maximum Gasteiger partial charge on any atom is 0.416 e. The Bertz CT molecular complexity index is 1130. The van der Waals surface area contributed by atoms with Crippen molar-refractivity contribution in [3.63, 3.8) is 0 Å². The number of rotatable bonds is 6. The molecule has 1 aliphatic rings. The Kier molecular flexibility index (Phi) is 8.00. The maximum atomic E-state index is 12.7. The van der Waals surface area contributed by atoms with E-state index in [0.717, 1.165) is 17.7 Å². The normalized spacial score (nSPS) is 16.0. The van der Waals surface area contributed by atoms with Gasteiger partial charge in [-0.1, -0.05) is 12.1 Å². The van der Waals surface area contributed by atoms with E-state index in [0.29, 0.717) is 28.6 Å². The second-order valence-corrected chi connectivity index (χ2v) is 8.01. The lowest BCUT2D eigenvalue weighted by Gasteiger charge is -2.37. The van der Waals surface area contributed by atoms with Crippen molar-refractivity contribution in [3.8, 4) is 0 Å². The van der Waals surface area contributed by atoms with Crippen molar-refractivity contribution < 1.29 is 27.5 Å². The van der Waals surface area contributed by atoms with Gasteiger partial charge in [0, 0.05) is 23.6 Å². The number of halogens is 3. The zero-order valence-corrected chi connectivity index (χ0v) is 20.1. The summed E-state index contributed by atoms with van der Waals surface area (Å²) in [7, 11) is 0. The van der Waals surface area contributed by atoms with Crippen LogP contribution in [0, 0.1) is 0 Å². The van der Waals surface area contributed by atoms with Crippen LogP contribution in [0.4, 0.5) is 29.3 Å². The van der Waals surface area contributed by atoms with Gasteiger partial charge in [-0.3, -0.25) is 0 Å². The summed E-state index contributed by atoms with van der Waals surface area (Å²) in [5.41, 5.74) is 1.75. The summed E-state index contributed by atoms with van der Waals surface area (Å²) in [5, 5.41) is 8.78. The fraction of sp³-hybridized carbons (Fsp3) is 0.292. The summed E-state index contributed by atoms with van der Waals surface area (Å²) >= 11 is 5.46. The Balaban J connectivity index is 1.74. The van der Waals surface area contributed by atoms with Crippen molar-refractivity contribution in [1.29, 1.82) is 0 Å². The van der Waals surface area contributed by atoms with Crippen molar-refractivity contribution in [3.05, 3.63) is 70.9 Å².